The first-order chi connectivity index (χ1) is 7.63. The third kappa shape index (κ3) is 4.08. The number of hydrogen-bond acceptors (Lipinski definition) is 4. The van der Waals surface area contributed by atoms with Gasteiger partial charge in [0.25, 0.3) is 0 Å². The first kappa shape index (κ1) is 12.8. The molecule has 2 N–H and O–H groups in total. The fraction of sp³-hybridized carbons (Fsp3) is 0.500. The van der Waals surface area contributed by atoms with Gasteiger partial charge in [-0.1, -0.05) is 0 Å². The Morgan fingerprint density at radius 3 is 2.75 bits per heavy atom. The molecule has 0 atom stereocenters. The molecule has 0 saturated heterocycles. The third-order valence-corrected chi connectivity index (χ3v) is 2.14. The molecule has 16 heavy (non-hydrogen) atoms. The summed E-state index contributed by atoms with van der Waals surface area (Å²) in [4.78, 5) is 2.04. The molecule has 0 spiro atoms. The van der Waals surface area contributed by atoms with Crippen molar-refractivity contribution in [3.8, 4) is 11.5 Å². The number of aromatic hydroxyl groups is 1. The highest BCUT2D eigenvalue weighted by Crippen LogP contribution is 2.24. The van der Waals surface area contributed by atoms with Gasteiger partial charge in [0.2, 0.25) is 0 Å². The maximum atomic E-state index is 9.44. The van der Waals surface area contributed by atoms with Crippen LogP contribution in [0, 0.1) is 0 Å². The van der Waals surface area contributed by atoms with E-state index >= 15 is 0 Å². The summed E-state index contributed by atoms with van der Waals surface area (Å²) >= 11 is 0. The van der Waals surface area contributed by atoms with Gasteiger partial charge in [0.1, 0.15) is 18.1 Å². The second kappa shape index (κ2) is 6.35. The molecule has 90 valence electrons. The van der Waals surface area contributed by atoms with Crippen LogP contribution in [0.1, 0.15) is 5.56 Å². The van der Waals surface area contributed by atoms with E-state index in [4.69, 9.17) is 4.74 Å². The topological polar surface area (TPSA) is 44.7 Å². The van der Waals surface area contributed by atoms with E-state index in [0.717, 1.165) is 24.4 Å². The van der Waals surface area contributed by atoms with E-state index < -0.39 is 0 Å². The first-order valence-electron chi connectivity index (χ1n) is 5.37. The Morgan fingerprint density at radius 1 is 1.38 bits per heavy atom. The van der Waals surface area contributed by atoms with Gasteiger partial charge in [0.05, 0.1) is 0 Å². The van der Waals surface area contributed by atoms with Crippen molar-refractivity contribution in [2.75, 3.05) is 34.3 Å². The number of nitrogens with zero attached hydrogens (tertiary/aromatic N) is 1. The summed E-state index contributed by atoms with van der Waals surface area (Å²) in [5.41, 5.74) is 1.00. The molecule has 1 rings (SSSR count). The van der Waals surface area contributed by atoms with Crippen LogP contribution in [0.3, 0.4) is 0 Å². The summed E-state index contributed by atoms with van der Waals surface area (Å²) in [6.07, 6.45) is 0. The van der Waals surface area contributed by atoms with Crippen LogP contribution in [0.15, 0.2) is 18.2 Å². The lowest BCUT2D eigenvalue weighted by Crippen LogP contribution is -2.17. The first-order valence-corrected chi connectivity index (χ1v) is 5.37. The van der Waals surface area contributed by atoms with Crippen LogP contribution in [0.5, 0.6) is 11.5 Å². The van der Waals surface area contributed by atoms with Crippen LogP contribution in [-0.2, 0) is 6.54 Å². The zero-order valence-electron chi connectivity index (χ0n) is 10.2. The predicted octanol–water partition coefficient (Wildman–Crippen LogP) is 1.05. The Kier molecular flexibility index (Phi) is 5.08. The van der Waals surface area contributed by atoms with Crippen LogP contribution in [0.2, 0.25) is 0 Å². The second-order valence-electron chi connectivity index (χ2n) is 3.98. The van der Waals surface area contributed by atoms with Crippen molar-refractivity contribution in [2.45, 2.75) is 6.54 Å². The van der Waals surface area contributed by atoms with Crippen molar-refractivity contribution in [3.05, 3.63) is 23.8 Å². The number of benzene rings is 1. The molecule has 0 aliphatic heterocycles. The standard InChI is InChI=1S/C12H20N2O2/c1-13-6-7-16-12-5-4-11(15)8-10(12)9-14(2)3/h4-5,8,13,15H,6-7,9H2,1-3H3. The molecule has 0 radical (unpaired) electrons. The van der Waals surface area contributed by atoms with Gasteiger partial charge in [-0.2, -0.15) is 0 Å². The zero-order chi connectivity index (χ0) is 12.0. The summed E-state index contributed by atoms with van der Waals surface area (Å²) in [5.74, 6) is 1.11. The molecule has 1 aromatic rings. The molecule has 0 amide bonds. The SMILES string of the molecule is CNCCOc1ccc(O)cc1CN(C)C. The summed E-state index contributed by atoms with van der Waals surface area (Å²) in [5, 5.41) is 12.5. The molecule has 0 heterocycles. The molecular formula is C12H20N2O2. The average Bonchev–Trinajstić information content (AvgIpc) is 2.20. The number of hydrogen-bond donors (Lipinski definition) is 2. The molecule has 0 aliphatic rings. The van der Waals surface area contributed by atoms with Gasteiger partial charge in [-0.05, 0) is 39.3 Å². The number of nitrogens with one attached hydrogen (secondary N) is 1. The van der Waals surface area contributed by atoms with Crippen molar-refractivity contribution in [2.24, 2.45) is 0 Å². The predicted molar refractivity (Wildman–Crippen MR) is 64.9 cm³/mol. The van der Waals surface area contributed by atoms with Crippen LogP contribution in [-0.4, -0.2) is 44.3 Å². The summed E-state index contributed by atoms with van der Waals surface area (Å²) in [6.45, 7) is 2.19. The van der Waals surface area contributed by atoms with E-state index in [1.165, 1.54) is 0 Å². The van der Waals surface area contributed by atoms with Gasteiger partial charge in [0.15, 0.2) is 0 Å². The fourth-order valence-corrected chi connectivity index (χ4v) is 1.43. The minimum atomic E-state index is 0.276. The summed E-state index contributed by atoms with van der Waals surface area (Å²) in [7, 11) is 5.86. The van der Waals surface area contributed by atoms with Crippen molar-refractivity contribution in [3.63, 3.8) is 0 Å². The molecule has 0 bridgehead atoms. The number of rotatable bonds is 6. The highest BCUT2D eigenvalue weighted by atomic mass is 16.5. The van der Waals surface area contributed by atoms with E-state index in [1.807, 2.05) is 32.1 Å². The van der Waals surface area contributed by atoms with Crippen LogP contribution >= 0.6 is 0 Å². The number of phenols is 1. The van der Waals surface area contributed by atoms with Gasteiger partial charge >= 0.3 is 0 Å². The van der Waals surface area contributed by atoms with E-state index in [-0.39, 0.29) is 5.75 Å². The van der Waals surface area contributed by atoms with E-state index in [0.29, 0.717) is 6.61 Å². The average molecular weight is 224 g/mol. The van der Waals surface area contributed by atoms with Crippen molar-refractivity contribution < 1.29 is 9.84 Å². The Bertz CT molecular complexity index is 327. The molecular weight excluding hydrogens is 204 g/mol. The van der Waals surface area contributed by atoms with Crippen molar-refractivity contribution in [1.82, 2.24) is 10.2 Å². The van der Waals surface area contributed by atoms with Crippen molar-refractivity contribution >= 4 is 0 Å². The number of likely N-dealkylation sites (N-methyl/N-ethyl adjacent to an activating group) is 1. The third-order valence-electron chi connectivity index (χ3n) is 2.14. The van der Waals surface area contributed by atoms with Crippen LogP contribution < -0.4 is 10.1 Å². The minimum Gasteiger partial charge on any atom is -0.508 e. The summed E-state index contributed by atoms with van der Waals surface area (Å²) in [6, 6.07) is 5.20. The van der Waals surface area contributed by atoms with Crippen molar-refractivity contribution in [1.29, 1.82) is 0 Å². The Balaban J connectivity index is 2.72. The quantitative estimate of drug-likeness (QED) is 0.709. The Labute approximate surface area is 96.8 Å². The van der Waals surface area contributed by atoms with E-state index in [9.17, 15) is 5.11 Å². The highest BCUT2D eigenvalue weighted by Gasteiger charge is 2.06. The maximum absolute atomic E-state index is 9.44. The molecule has 0 aliphatic carbocycles. The molecule has 4 nitrogen and oxygen atoms in total. The lowest BCUT2D eigenvalue weighted by atomic mass is 10.2. The number of ether oxygens (including phenoxy) is 1. The minimum absolute atomic E-state index is 0.276. The lowest BCUT2D eigenvalue weighted by Gasteiger charge is -2.15. The van der Waals surface area contributed by atoms with E-state index in [1.54, 1.807) is 12.1 Å². The molecule has 0 aromatic heterocycles. The largest absolute Gasteiger partial charge is 0.508 e. The van der Waals surface area contributed by atoms with Crippen LogP contribution in [0.25, 0.3) is 0 Å². The van der Waals surface area contributed by atoms with Crippen LogP contribution in [0.4, 0.5) is 0 Å². The molecule has 0 saturated carbocycles. The fourth-order valence-electron chi connectivity index (χ4n) is 1.43. The second-order valence-corrected chi connectivity index (χ2v) is 3.98. The highest BCUT2D eigenvalue weighted by molar-refractivity contribution is 5.39. The normalized spacial score (nSPS) is 10.8. The monoisotopic (exact) mass is 224 g/mol. The Morgan fingerprint density at radius 2 is 2.12 bits per heavy atom. The molecule has 4 heteroatoms. The molecule has 0 fully saturated rings. The Hall–Kier alpha value is -1.26. The summed E-state index contributed by atoms with van der Waals surface area (Å²) < 4.78 is 5.63. The number of phenolic OH excluding ortho intramolecular Hbond substituents is 1. The zero-order valence-corrected chi connectivity index (χ0v) is 10.2. The smallest absolute Gasteiger partial charge is 0.124 e. The van der Waals surface area contributed by atoms with Gasteiger partial charge in [0, 0.05) is 18.7 Å². The van der Waals surface area contributed by atoms with Gasteiger partial charge in [-0.3, -0.25) is 0 Å². The lowest BCUT2D eigenvalue weighted by molar-refractivity contribution is 0.306. The van der Waals surface area contributed by atoms with Gasteiger partial charge < -0.3 is 20.1 Å². The maximum Gasteiger partial charge on any atom is 0.124 e. The van der Waals surface area contributed by atoms with E-state index in [2.05, 4.69) is 5.32 Å². The van der Waals surface area contributed by atoms with Gasteiger partial charge in [-0.25, -0.2) is 0 Å². The molecule has 0 unspecified atom stereocenters. The molecule has 1 aromatic carbocycles. The van der Waals surface area contributed by atoms with Gasteiger partial charge in [-0.15, -0.1) is 0 Å².